The Morgan fingerprint density at radius 3 is 2.74 bits per heavy atom. The topological polar surface area (TPSA) is 49.3 Å². The van der Waals surface area contributed by atoms with E-state index in [1.54, 1.807) is 12.1 Å². The van der Waals surface area contributed by atoms with Gasteiger partial charge in [0.25, 0.3) is 0 Å². The lowest BCUT2D eigenvalue weighted by atomic mass is 9.96. The van der Waals surface area contributed by atoms with Crippen LogP contribution in [0.1, 0.15) is 17.5 Å². The van der Waals surface area contributed by atoms with Crippen molar-refractivity contribution in [2.45, 2.75) is 23.3 Å². The Morgan fingerprint density at radius 2 is 1.96 bits per heavy atom. The molecule has 0 heterocycles. The maximum atomic E-state index is 12.8. The van der Waals surface area contributed by atoms with E-state index < -0.39 is 5.60 Å². The van der Waals surface area contributed by atoms with Gasteiger partial charge < -0.3 is 10.4 Å². The first kappa shape index (κ1) is 16.0. The van der Waals surface area contributed by atoms with Crippen LogP contribution in [0, 0.1) is 5.82 Å². The first-order valence-corrected chi connectivity index (χ1v) is 8.51. The van der Waals surface area contributed by atoms with Gasteiger partial charge in [-0.25, -0.2) is 4.39 Å². The largest absolute Gasteiger partial charge is 0.383 e. The predicted molar refractivity (Wildman–Crippen MR) is 88.8 cm³/mol. The standard InChI is InChI=1S/C18H18FNO2S/c19-14-5-7-15(8-6-14)23-11-17(21)20-12-18(22)10-9-13-3-1-2-4-16(13)18/h1-8,22H,9-12H2,(H,20,21)/t18-/m0/s1. The van der Waals surface area contributed by atoms with Crippen molar-refractivity contribution in [3.8, 4) is 0 Å². The Bertz CT molecular complexity index is 704. The van der Waals surface area contributed by atoms with Crippen LogP contribution in [0.3, 0.4) is 0 Å². The van der Waals surface area contributed by atoms with Gasteiger partial charge in [0.05, 0.1) is 12.3 Å². The first-order valence-electron chi connectivity index (χ1n) is 7.53. The molecule has 3 rings (SSSR count). The summed E-state index contributed by atoms with van der Waals surface area (Å²) >= 11 is 1.34. The first-order chi connectivity index (χ1) is 11.1. The molecule has 2 aromatic carbocycles. The average Bonchev–Trinajstić information content (AvgIpc) is 2.91. The summed E-state index contributed by atoms with van der Waals surface area (Å²) in [6.07, 6.45) is 1.45. The fraction of sp³-hybridized carbons (Fsp3) is 0.278. The van der Waals surface area contributed by atoms with E-state index in [1.165, 1.54) is 23.9 Å². The summed E-state index contributed by atoms with van der Waals surface area (Å²) in [5, 5.41) is 13.5. The van der Waals surface area contributed by atoms with Crippen LogP contribution in [0.4, 0.5) is 4.39 Å². The summed E-state index contributed by atoms with van der Waals surface area (Å²) in [7, 11) is 0. The van der Waals surface area contributed by atoms with Gasteiger partial charge in [0.15, 0.2) is 0 Å². The highest BCUT2D eigenvalue weighted by atomic mass is 32.2. The molecule has 23 heavy (non-hydrogen) atoms. The number of fused-ring (bicyclic) bond motifs is 1. The van der Waals surface area contributed by atoms with Crippen LogP contribution in [-0.4, -0.2) is 23.3 Å². The Morgan fingerprint density at radius 1 is 1.22 bits per heavy atom. The number of nitrogens with one attached hydrogen (secondary N) is 1. The highest BCUT2D eigenvalue weighted by molar-refractivity contribution is 8.00. The summed E-state index contributed by atoms with van der Waals surface area (Å²) < 4.78 is 12.8. The van der Waals surface area contributed by atoms with Crippen molar-refractivity contribution in [1.82, 2.24) is 5.32 Å². The number of rotatable bonds is 5. The maximum absolute atomic E-state index is 12.8. The molecule has 120 valence electrons. The molecule has 1 aliphatic rings. The van der Waals surface area contributed by atoms with Crippen LogP contribution in [-0.2, 0) is 16.8 Å². The maximum Gasteiger partial charge on any atom is 0.230 e. The van der Waals surface area contributed by atoms with Gasteiger partial charge in [-0.1, -0.05) is 24.3 Å². The van der Waals surface area contributed by atoms with Crippen molar-refractivity contribution in [3.63, 3.8) is 0 Å². The molecule has 3 nitrogen and oxygen atoms in total. The predicted octanol–water partition coefficient (Wildman–Crippen LogP) is 2.87. The van der Waals surface area contributed by atoms with E-state index in [0.29, 0.717) is 6.42 Å². The van der Waals surface area contributed by atoms with E-state index in [4.69, 9.17) is 0 Å². The number of hydrogen-bond acceptors (Lipinski definition) is 3. The van der Waals surface area contributed by atoms with Crippen molar-refractivity contribution in [3.05, 3.63) is 65.5 Å². The lowest BCUT2D eigenvalue weighted by Crippen LogP contribution is -2.40. The number of hydrogen-bond donors (Lipinski definition) is 2. The van der Waals surface area contributed by atoms with Crippen LogP contribution in [0.2, 0.25) is 0 Å². The van der Waals surface area contributed by atoms with E-state index in [-0.39, 0.29) is 24.0 Å². The molecule has 0 spiro atoms. The molecule has 2 N–H and O–H groups in total. The second-order valence-corrected chi connectivity index (χ2v) is 6.76. The second kappa shape index (κ2) is 6.72. The molecule has 2 aromatic rings. The summed E-state index contributed by atoms with van der Waals surface area (Å²) in [6.45, 7) is 0.215. The van der Waals surface area contributed by atoms with Gasteiger partial charge in [0.1, 0.15) is 11.4 Å². The van der Waals surface area contributed by atoms with Crippen molar-refractivity contribution < 1.29 is 14.3 Å². The molecule has 0 saturated carbocycles. The Kier molecular flexibility index (Phi) is 4.68. The quantitative estimate of drug-likeness (QED) is 0.828. The van der Waals surface area contributed by atoms with Gasteiger partial charge in [-0.2, -0.15) is 0 Å². The van der Waals surface area contributed by atoms with Crippen LogP contribution in [0.25, 0.3) is 0 Å². The van der Waals surface area contributed by atoms with E-state index >= 15 is 0 Å². The van der Waals surface area contributed by atoms with E-state index in [0.717, 1.165) is 22.4 Å². The number of carbonyl (C=O) groups is 1. The van der Waals surface area contributed by atoms with Gasteiger partial charge in [0, 0.05) is 4.90 Å². The number of aryl methyl sites for hydroxylation is 1. The van der Waals surface area contributed by atoms with Crippen molar-refractivity contribution in [2.75, 3.05) is 12.3 Å². The van der Waals surface area contributed by atoms with E-state index in [2.05, 4.69) is 5.32 Å². The number of benzene rings is 2. The average molecular weight is 331 g/mol. The fourth-order valence-electron chi connectivity index (χ4n) is 2.83. The Labute approximate surface area is 138 Å². The van der Waals surface area contributed by atoms with Crippen LogP contribution in [0.5, 0.6) is 0 Å². The minimum absolute atomic E-state index is 0.142. The van der Waals surface area contributed by atoms with Crippen LogP contribution < -0.4 is 5.32 Å². The molecule has 0 aromatic heterocycles. The van der Waals surface area contributed by atoms with E-state index in [9.17, 15) is 14.3 Å². The number of thioether (sulfide) groups is 1. The monoisotopic (exact) mass is 331 g/mol. The molecule has 0 bridgehead atoms. The Balaban J connectivity index is 1.52. The number of carbonyl (C=O) groups excluding carboxylic acids is 1. The third-order valence-electron chi connectivity index (χ3n) is 4.09. The molecule has 5 heteroatoms. The zero-order valence-corrected chi connectivity index (χ0v) is 13.4. The molecule has 0 fully saturated rings. The number of halogens is 1. The molecule has 1 aliphatic carbocycles. The molecule has 1 amide bonds. The third kappa shape index (κ3) is 3.74. The lowest BCUT2D eigenvalue weighted by molar-refractivity contribution is -0.119. The fourth-order valence-corrected chi connectivity index (χ4v) is 3.56. The minimum Gasteiger partial charge on any atom is -0.383 e. The van der Waals surface area contributed by atoms with Crippen molar-refractivity contribution >= 4 is 17.7 Å². The summed E-state index contributed by atoms with van der Waals surface area (Å²) in [4.78, 5) is 12.8. The SMILES string of the molecule is O=C(CSc1ccc(F)cc1)NC[C@@]1(O)CCc2ccccc21. The normalized spacial score (nSPS) is 19.4. The highest BCUT2D eigenvalue weighted by Gasteiger charge is 2.36. The summed E-state index contributed by atoms with van der Waals surface area (Å²) in [5.41, 5.74) is 1.07. The van der Waals surface area contributed by atoms with Gasteiger partial charge >= 0.3 is 0 Å². The van der Waals surface area contributed by atoms with Crippen molar-refractivity contribution in [1.29, 1.82) is 0 Å². The molecular formula is C18H18FNO2S. The van der Waals surface area contributed by atoms with E-state index in [1.807, 2.05) is 24.3 Å². The molecule has 0 aliphatic heterocycles. The molecule has 0 unspecified atom stereocenters. The van der Waals surface area contributed by atoms with Gasteiger partial charge in [0.2, 0.25) is 5.91 Å². The second-order valence-electron chi connectivity index (χ2n) is 5.71. The van der Waals surface area contributed by atoms with Gasteiger partial charge in [-0.3, -0.25) is 4.79 Å². The Hall–Kier alpha value is -1.85. The molecule has 1 atom stereocenters. The van der Waals surface area contributed by atoms with Gasteiger partial charge in [-0.15, -0.1) is 11.8 Å². The summed E-state index contributed by atoms with van der Waals surface area (Å²) in [5.74, 6) is -0.193. The van der Waals surface area contributed by atoms with Gasteiger partial charge in [-0.05, 0) is 48.2 Å². The number of aliphatic hydroxyl groups is 1. The lowest BCUT2D eigenvalue weighted by Gasteiger charge is -2.24. The molecular weight excluding hydrogens is 313 g/mol. The smallest absolute Gasteiger partial charge is 0.230 e. The van der Waals surface area contributed by atoms with Crippen LogP contribution >= 0.6 is 11.8 Å². The molecule has 0 saturated heterocycles. The zero-order chi connectivity index (χ0) is 16.3. The summed E-state index contributed by atoms with van der Waals surface area (Å²) in [6, 6.07) is 13.8. The minimum atomic E-state index is -0.979. The number of amides is 1. The zero-order valence-electron chi connectivity index (χ0n) is 12.6. The highest BCUT2D eigenvalue weighted by Crippen LogP contribution is 2.36. The van der Waals surface area contributed by atoms with Crippen molar-refractivity contribution in [2.24, 2.45) is 0 Å². The van der Waals surface area contributed by atoms with Crippen LogP contribution in [0.15, 0.2) is 53.4 Å². The molecule has 0 radical (unpaired) electrons. The third-order valence-corrected chi connectivity index (χ3v) is 5.10.